The van der Waals surface area contributed by atoms with Crippen molar-refractivity contribution in [2.75, 3.05) is 18.0 Å². The van der Waals surface area contributed by atoms with Gasteiger partial charge in [-0.15, -0.1) is 0 Å². The molecule has 2 aromatic heterocycles. The van der Waals surface area contributed by atoms with E-state index in [0.717, 1.165) is 63.0 Å². The van der Waals surface area contributed by atoms with Crippen LogP contribution in [0.5, 0.6) is 5.75 Å². The van der Waals surface area contributed by atoms with Gasteiger partial charge in [0.2, 0.25) is 0 Å². The molecule has 31 heavy (non-hydrogen) atoms. The molecule has 2 fully saturated rings. The molecule has 0 unspecified atom stereocenters. The van der Waals surface area contributed by atoms with Crippen LogP contribution in [0.1, 0.15) is 75.2 Å². The minimum Gasteiger partial charge on any atom is -0.489 e. The summed E-state index contributed by atoms with van der Waals surface area (Å²) in [5.41, 5.74) is 1.41. The molecule has 3 heterocycles. The van der Waals surface area contributed by atoms with Crippen LogP contribution in [-0.2, 0) is 4.74 Å². The number of nitriles is 1. The van der Waals surface area contributed by atoms with Gasteiger partial charge in [0.05, 0.1) is 18.3 Å². The van der Waals surface area contributed by atoms with Crippen LogP contribution in [0.4, 0.5) is 6.01 Å². The first-order valence-electron chi connectivity index (χ1n) is 11.3. The fourth-order valence-corrected chi connectivity index (χ4v) is 4.29. The molecule has 0 radical (unpaired) electrons. The van der Waals surface area contributed by atoms with Crippen molar-refractivity contribution in [1.82, 2.24) is 15.1 Å². The van der Waals surface area contributed by atoms with E-state index in [1.807, 2.05) is 6.92 Å². The molecule has 8 nitrogen and oxygen atoms in total. The summed E-state index contributed by atoms with van der Waals surface area (Å²) in [6.45, 7) is 7.81. The topological polar surface area (TPSA) is 97.3 Å². The largest absolute Gasteiger partial charge is 0.489 e. The van der Waals surface area contributed by atoms with Gasteiger partial charge in [0, 0.05) is 37.0 Å². The molecule has 1 saturated heterocycles. The molecule has 0 bridgehead atoms. The molecule has 1 saturated carbocycles. The maximum Gasteiger partial charge on any atom is 0.324 e. The number of rotatable bonds is 6. The van der Waals surface area contributed by atoms with Crippen LogP contribution in [0.25, 0.3) is 0 Å². The number of ether oxygens (including phenoxy) is 2. The van der Waals surface area contributed by atoms with Crippen molar-refractivity contribution in [3.05, 3.63) is 29.3 Å². The predicted molar refractivity (Wildman–Crippen MR) is 115 cm³/mol. The molecule has 0 amide bonds. The number of anilines is 1. The molecular formula is C23H31N5O3. The SMILES string of the molecule is Cc1cncc(C#N)c1OC1CCC(OC2CCN(c3nc(C(C)C)no3)CC2)CC1. The molecule has 0 spiro atoms. The number of hydrogen-bond donors (Lipinski definition) is 0. The maximum atomic E-state index is 9.31. The van der Waals surface area contributed by atoms with Crippen LogP contribution < -0.4 is 9.64 Å². The summed E-state index contributed by atoms with van der Waals surface area (Å²) in [7, 11) is 0. The van der Waals surface area contributed by atoms with Gasteiger partial charge in [0.25, 0.3) is 0 Å². The van der Waals surface area contributed by atoms with Crippen molar-refractivity contribution in [3.63, 3.8) is 0 Å². The van der Waals surface area contributed by atoms with Gasteiger partial charge in [-0.1, -0.05) is 19.0 Å². The standard InChI is InChI=1S/C23H31N5O3/c1-15(2)22-26-23(31-27-22)28-10-8-20(9-11-28)29-18-4-6-19(7-5-18)30-21-16(3)13-25-14-17(21)12-24/h13-15,18-20H,4-11H2,1-3H3. The van der Waals surface area contributed by atoms with Gasteiger partial charge >= 0.3 is 6.01 Å². The van der Waals surface area contributed by atoms with Crippen LogP contribution in [0, 0.1) is 18.3 Å². The summed E-state index contributed by atoms with van der Waals surface area (Å²) < 4.78 is 18.0. The van der Waals surface area contributed by atoms with Crippen LogP contribution in [0.2, 0.25) is 0 Å². The van der Waals surface area contributed by atoms with Crippen molar-refractivity contribution in [3.8, 4) is 11.8 Å². The quantitative estimate of drug-likeness (QED) is 0.681. The Morgan fingerprint density at radius 3 is 2.39 bits per heavy atom. The molecular weight excluding hydrogens is 394 g/mol. The van der Waals surface area contributed by atoms with Gasteiger partial charge in [-0.3, -0.25) is 4.98 Å². The number of aromatic nitrogens is 3. The smallest absolute Gasteiger partial charge is 0.324 e. The number of pyridine rings is 1. The van der Waals surface area contributed by atoms with E-state index >= 15 is 0 Å². The fourth-order valence-electron chi connectivity index (χ4n) is 4.29. The summed E-state index contributed by atoms with van der Waals surface area (Å²) in [5.74, 6) is 1.71. The maximum absolute atomic E-state index is 9.31. The number of nitrogens with zero attached hydrogens (tertiary/aromatic N) is 5. The molecule has 2 aliphatic rings. The highest BCUT2D eigenvalue weighted by atomic mass is 16.5. The predicted octanol–water partition coefficient (Wildman–Crippen LogP) is 4.14. The lowest BCUT2D eigenvalue weighted by molar-refractivity contribution is -0.0530. The third kappa shape index (κ3) is 5.16. The third-order valence-corrected chi connectivity index (χ3v) is 6.15. The van der Waals surface area contributed by atoms with Crippen molar-refractivity contribution < 1.29 is 14.0 Å². The molecule has 1 aliphatic heterocycles. The highest BCUT2D eigenvalue weighted by molar-refractivity contribution is 5.45. The van der Waals surface area contributed by atoms with E-state index in [2.05, 4.69) is 39.9 Å². The van der Waals surface area contributed by atoms with Crippen molar-refractivity contribution in [2.45, 2.75) is 83.5 Å². The number of aryl methyl sites for hydroxylation is 1. The Balaban J connectivity index is 1.22. The average Bonchev–Trinajstić information content (AvgIpc) is 3.28. The molecule has 0 atom stereocenters. The third-order valence-electron chi connectivity index (χ3n) is 6.15. The van der Waals surface area contributed by atoms with E-state index in [1.54, 1.807) is 12.4 Å². The van der Waals surface area contributed by atoms with E-state index in [1.165, 1.54) is 0 Å². The Morgan fingerprint density at radius 2 is 1.74 bits per heavy atom. The Hall–Kier alpha value is -2.66. The molecule has 4 rings (SSSR count). The van der Waals surface area contributed by atoms with E-state index in [9.17, 15) is 5.26 Å². The minimum atomic E-state index is 0.127. The summed E-state index contributed by atoms with van der Waals surface area (Å²) in [6.07, 6.45) is 9.79. The Morgan fingerprint density at radius 1 is 1.06 bits per heavy atom. The highest BCUT2D eigenvalue weighted by Gasteiger charge is 2.29. The fraction of sp³-hybridized carbons (Fsp3) is 0.652. The average molecular weight is 426 g/mol. The normalized spacial score (nSPS) is 22.5. The van der Waals surface area contributed by atoms with Crippen LogP contribution in [0.15, 0.2) is 16.9 Å². The van der Waals surface area contributed by atoms with Gasteiger partial charge in [-0.05, 0) is 45.4 Å². The monoisotopic (exact) mass is 425 g/mol. The lowest BCUT2D eigenvalue weighted by atomic mass is 9.94. The Bertz CT molecular complexity index is 906. The van der Waals surface area contributed by atoms with Gasteiger partial charge in [0.15, 0.2) is 5.82 Å². The van der Waals surface area contributed by atoms with E-state index in [0.29, 0.717) is 17.3 Å². The van der Waals surface area contributed by atoms with Crippen LogP contribution in [0.3, 0.4) is 0 Å². The molecule has 166 valence electrons. The first-order chi connectivity index (χ1) is 15.0. The second-order valence-electron chi connectivity index (χ2n) is 8.87. The van der Waals surface area contributed by atoms with Gasteiger partial charge < -0.3 is 18.9 Å². The number of hydrogen-bond acceptors (Lipinski definition) is 8. The van der Waals surface area contributed by atoms with Crippen LogP contribution in [-0.4, -0.2) is 46.5 Å². The second-order valence-corrected chi connectivity index (χ2v) is 8.87. The van der Waals surface area contributed by atoms with Crippen molar-refractivity contribution in [2.24, 2.45) is 0 Å². The molecule has 2 aromatic rings. The van der Waals surface area contributed by atoms with Crippen LogP contribution >= 0.6 is 0 Å². The lowest BCUT2D eigenvalue weighted by Crippen LogP contribution is -2.39. The summed E-state index contributed by atoms with van der Waals surface area (Å²) in [6, 6.07) is 2.81. The first kappa shape index (κ1) is 21.6. The molecule has 1 aliphatic carbocycles. The molecule has 0 aromatic carbocycles. The number of piperidine rings is 1. The van der Waals surface area contributed by atoms with E-state index < -0.39 is 0 Å². The highest BCUT2D eigenvalue weighted by Crippen LogP contribution is 2.31. The lowest BCUT2D eigenvalue weighted by Gasteiger charge is -2.35. The zero-order valence-corrected chi connectivity index (χ0v) is 18.6. The minimum absolute atomic E-state index is 0.127. The van der Waals surface area contributed by atoms with Gasteiger partial charge in [-0.2, -0.15) is 10.2 Å². The zero-order chi connectivity index (χ0) is 21.8. The van der Waals surface area contributed by atoms with E-state index in [4.69, 9.17) is 14.0 Å². The first-order valence-corrected chi connectivity index (χ1v) is 11.3. The van der Waals surface area contributed by atoms with Gasteiger partial charge in [-0.25, -0.2) is 0 Å². The second kappa shape index (κ2) is 9.65. The molecule has 8 heteroatoms. The molecule has 0 N–H and O–H groups in total. The van der Waals surface area contributed by atoms with Gasteiger partial charge in [0.1, 0.15) is 17.4 Å². The zero-order valence-electron chi connectivity index (χ0n) is 18.6. The Kier molecular flexibility index (Phi) is 6.71. The summed E-state index contributed by atoms with van der Waals surface area (Å²) in [5, 5.41) is 13.4. The summed E-state index contributed by atoms with van der Waals surface area (Å²) >= 11 is 0. The van der Waals surface area contributed by atoms with Crippen molar-refractivity contribution in [1.29, 1.82) is 5.26 Å². The summed E-state index contributed by atoms with van der Waals surface area (Å²) in [4.78, 5) is 10.7. The van der Waals surface area contributed by atoms with E-state index in [-0.39, 0.29) is 24.2 Å². The Labute approximate surface area is 183 Å². The van der Waals surface area contributed by atoms with Crippen molar-refractivity contribution >= 4 is 6.01 Å².